The summed E-state index contributed by atoms with van der Waals surface area (Å²) in [4.78, 5) is 0. The number of hydrogen-bond donors (Lipinski definition) is 0. The van der Waals surface area contributed by atoms with E-state index < -0.39 is 0 Å². The minimum Gasteiger partial charge on any atom is -0.0616 e. The van der Waals surface area contributed by atoms with E-state index in [0.29, 0.717) is 0 Å². The molecule has 250 valence electrons. The number of fused-ring (bicyclic) bond motifs is 11. The summed E-state index contributed by atoms with van der Waals surface area (Å²) in [5.41, 5.74) is 17.5. The highest BCUT2D eigenvalue weighted by atomic mass is 14.3. The summed E-state index contributed by atoms with van der Waals surface area (Å²) < 4.78 is 0. The van der Waals surface area contributed by atoms with Gasteiger partial charge in [-0.05, 0) is 122 Å². The van der Waals surface area contributed by atoms with Gasteiger partial charge in [-0.3, -0.25) is 0 Å². The average molecular weight is 683 g/mol. The highest BCUT2D eigenvalue weighted by Crippen LogP contribution is 2.50. The van der Waals surface area contributed by atoms with Crippen LogP contribution < -0.4 is 0 Å². The molecule has 0 saturated carbocycles. The SMILES string of the molecule is c1ccc2c(c1)-c1ccccc1-c1ccc(-c3c4ccccc4c(-c4ccc(-c5ccc6ccccc6c5)cc4)c4ccccc34)cc1-c1ccccc1-2. The molecule has 10 aromatic carbocycles. The summed E-state index contributed by atoms with van der Waals surface area (Å²) in [7, 11) is 0. The quantitative estimate of drug-likeness (QED) is 0.163. The molecule has 0 fully saturated rings. The normalized spacial score (nSPS) is 11.7. The Labute approximate surface area is 315 Å². The van der Waals surface area contributed by atoms with E-state index in [2.05, 4.69) is 206 Å². The minimum absolute atomic E-state index is 1.22. The van der Waals surface area contributed by atoms with Crippen molar-refractivity contribution in [2.45, 2.75) is 0 Å². The fourth-order valence-electron chi connectivity index (χ4n) is 8.96. The molecule has 54 heavy (non-hydrogen) atoms. The molecule has 0 heteroatoms. The Morgan fingerprint density at radius 1 is 0.185 bits per heavy atom. The second-order valence-electron chi connectivity index (χ2n) is 14.4. The van der Waals surface area contributed by atoms with Crippen molar-refractivity contribution in [3.05, 3.63) is 206 Å². The van der Waals surface area contributed by atoms with Gasteiger partial charge in [0.05, 0.1) is 0 Å². The molecular weight excluding hydrogens is 649 g/mol. The molecule has 0 amide bonds. The maximum absolute atomic E-state index is 2.45. The molecule has 0 N–H and O–H groups in total. The average Bonchev–Trinajstić information content (AvgIpc) is 3.25. The summed E-state index contributed by atoms with van der Waals surface area (Å²) in [5.74, 6) is 0. The van der Waals surface area contributed by atoms with Crippen LogP contribution in [0.5, 0.6) is 0 Å². The second-order valence-corrected chi connectivity index (χ2v) is 14.4. The first kappa shape index (κ1) is 30.6. The summed E-state index contributed by atoms with van der Waals surface area (Å²) in [5, 5.41) is 7.56. The predicted octanol–water partition coefficient (Wildman–Crippen LogP) is 15.1. The Balaban J connectivity index is 1.12. The Morgan fingerprint density at radius 2 is 0.537 bits per heavy atom. The summed E-state index contributed by atoms with van der Waals surface area (Å²) in [6.07, 6.45) is 0. The zero-order chi connectivity index (χ0) is 35.6. The van der Waals surface area contributed by atoms with Crippen molar-refractivity contribution in [3.8, 4) is 77.9 Å². The van der Waals surface area contributed by atoms with E-state index in [-0.39, 0.29) is 0 Å². The summed E-state index contributed by atoms with van der Waals surface area (Å²) in [6, 6.07) is 76.2. The van der Waals surface area contributed by atoms with Gasteiger partial charge in [0, 0.05) is 0 Å². The molecule has 0 atom stereocenters. The van der Waals surface area contributed by atoms with E-state index in [0.717, 1.165) is 0 Å². The molecule has 0 radical (unpaired) electrons. The van der Waals surface area contributed by atoms with Crippen LogP contribution in [0.4, 0.5) is 0 Å². The van der Waals surface area contributed by atoms with Gasteiger partial charge in [-0.1, -0.05) is 194 Å². The lowest BCUT2D eigenvalue weighted by Crippen LogP contribution is -1.97. The van der Waals surface area contributed by atoms with E-state index in [9.17, 15) is 0 Å². The zero-order valence-electron chi connectivity index (χ0n) is 29.6. The first-order chi connectivity index (χ1) is 26.8. The van der Waals surface area contributed by atoms with Crippen LogP contribution in [0.25, 0.3) is 110 Å². The van der Waals surface area contributed by atoms with Crippen molar-refractivity contribution in [2.75, 3.05) is 0 Å². The van der Waals surface area contributed by atoms with E-state index in [1.807, 2.05) is 0 Å². The molecule has 0 saturated heterocycles. The molecule has 0 unspecified atom stereocenters. The number of hydrogen-bond acceptors (Lipinski definition) is 0. The topological polar surface area (TPSA) is 0 Å². The smallest absolute Gasteiger partial charge is 0.00261 e. The van der Waals surface area contributed by atoms with Gasteiger partial charge in [-0.15, -0.1) is 0 Å². The molecule has 1 aliphatic rings. The third kappa shape index (κ3) is 4.78. The summed E-state index contributed by atoms with van der Waals surface area (Å²) >= 11 is 0. The molecule has 0 heterocycles. The lowest BCUT2D eigenvalue weighted by molar-refractivity contribution is 1.52. The molecule has 11 rings (SSSR count). The molecule has 0 aliphatic heterocycles. The number of benzene rings is 10. The van der Waals surface area contributed by atoms with Crippen LogP contribution in [-0.2, 0) is 0 Å². The van der Waals surface area contributed by atoms with Gasteiger partial charge >= 0.3 is 0 Å². The van der Waals surface area contributed by atoms with Crippen molar-refractivity contribution < 1.29 is 0 Å². The second kappa shape index (κ2) is 12.3. The van der Waals surface area contributed by atoms with Crippen molar-refractivity contribution >= 4 is 32.3 Å². The minimum atomic E-state index is 1.22. The maximum atomic E-state index is 2.45. The molecule has 1 aliphatic carbocycles. The van der Waals surface area contributed by atoms with Gasteiger partial charge in [0.1, 0.15) is 0 Å². The van der Waals surface area contributed by atoms with Crippen LogP contribution in [0, 0.1) is 0 Å². The highest BCUT2D eigenvalue weighted by Gasteiger charge is 2.23. The van der Waals surface area contributed by atoms with E-state index in [4.69, 9.17) is 0 Å². The Bertz CT molecular complexity index is 3030. The fraction of sp³-hybridized carbons (Fsp3) is 0. The zero-order valence-corrected chi connectivity index (χ0v) is 29.6. The van der Waals surface area contributed by atoms with Crippen molar-refractivity contribution in [1.82, 2.24) is 0 Å². The van der Waals surface area contributed by atoms with Crippen LogP contribution in [0.15, 0.2) is 206 Å². The van der Waals surface area contributed by atoms with E-state index in [1.165, 1.54) is 110 Å². The molecule has 0 nitrogen and oxygen atoms in total. The third-order valence-corrected chi connectivity index (χ3v) is 11.4. The van der Waals surface area contributed by atoms with Crippen LogP contribution in [0.2, 0.25) is 0 Å². The van der Waals surface area contributed by atoms with Gasteiger partial charge in [0.2, 0.25) is 0 Å². The van der Waals surface area contributed by atoms with E-state index >= 15 is 0 Å². The Hall–Kier alpha value is -7.02. The number of rotatable bonds is 3. The Kier molecular flexibility index (Phi) is 6.97. The van der Waals surface area contributed by atoms with Gasteiger partial charge in [0.25, 0.3) is 0 Å². The van der Waals surface area contributed by atoms with Gasteiger partial charge in [-0.2, -0.15) is 0 Å². The first-order valence-corrected chi connectivity index (χ1v) is 18.8. The van der Waals surface area contributed by atoms with Crippen molar-refractivity contribution in [1.29, 1.82) is 0 Å². The van der Waals surface area contributed by atoms with Gasteiger partial charge < -0.3 is 0 Å². The van der Waals surface area contributed by atoms with Crippen LogP contribution in [0.3, 0.4) is 0 Å². The standard InChI is InChI=1S/C54H34/c1-2-14-38-33-39(30-27-35(38)13-1)36-25-28-37(29-26-36)53-48-21-9-11-23-50(48)54(51-24-12-10-22-49(51)53)40-31-32-47-45-19-6-5-17-43(45)41-15-3-4-16-42(41)44-18-7-8-20-46(44)52(47)34-40/h1-34H. The molecule has 0 bridgehead atoms. The summed E-state index contributed by atoms with van der Waals surface area (Å²) in [6.45, 7) is 0. The monoisotopic (exact) mass is 682 g/mol. The maximum Gasteiger partial charge on any atom is -0.00261 e. The highest BCUT2D eigenvalue weighted by molar-refractivity contribution is 6.22. The van der Waals surface area contributed by atoms with Crippen LogP contribution in [0.1, 0.15) is 0 Å². The largest absolute Gasteiger partial charge is 0.0616 e. The van der Waals surface area contributed by atoms with Crippen molar-refractivity contribution in [3.63, 3.8) is 0 Å². The van der Waals surface area contributed by atoms with Crippen LogP contribution in [-0.4, -0.2) is 0 Å². The predicted molar refractivity (Wildman–Crippen MR) is 231 cm³/mol. The molecule has 0 aromatic heterocycles. The molecule has 10 aromatic rings. The lowest BCUT2D eigenvalue weighted by atomic mass is 9.79. The van der Waals surface area contributed by atoms with Crippen molar-refractivity contribution in [2.24, 2.45) is 0 Å². The third-order valence-electron chi connectivity index (χ3n) is 11.4. The van der Waals surface area contributed by atoms with Gasteiger partial charge in [0.15, 0.2) is 0 Å². The molecule has 0 spiro atoms. The van der Waals surface area contributed by atoms with Gasteiger partial charge in [-0.25, -0.2) is 0 Å². The first-order valence-electron chi connectivity index (χ1n) is 18.8. The Morgan fingerprint density at radius 3 is 1.06 bits per heavy atom. The lowest BCUT2D eigenvalue weighted by Gasteiger charge is -2.24. The van der Waals surface area contributed by atoms with E-state index in [1.54, 1.807) is 0 Å². The molecular formula is C54H34. The fourth-order valence-corrected chi connectivity index (χ4v) is 8.96. The van der Waals surface area contributed by atoms with Crippen LogP contribution >= 0.6 is 0 Å².